The first-order valence-electron chi connectivity index (χ1n) is 2.63. The highest BCUT2D eigenvalue weighted by Gasteiger charge is 1.94. The molecule has 0 spiro atoms. The van der Waals surface area contributed by atoms with E-state index in [1.54, 1.807) is 6.92 Å². The summed E-state index contributed by atoms with van der Waals surface area (Å²) >= 11 is 0. The van der Waals surface area contributed by atoms with Crippen molar-refractivity contribution in [2.45, 2.75) is 6.92 Å². The second kappa shape index (κ2) is 2.38. The lowest BCUT2D eigenvalue weighted by atomic mass is 10.5. The van der Waals surface area contributed by atoms with Gasteiger partial charge in [-0.1, -0.05) is 0 Å². The van der Waals surface area contributed by atoms with Crippen molar-refractivity contribution >= 4 is 5.95 Å². The Hall–Kier alpha value is -1.52. The number of hydrogen-bond donors (Lipinski definition) is 1. The summed E-state index contributed by atoms with van der Waals surface area (Å²) in [5.74, 6) is -0.176. The van der Waals surface area contributed by atoms with Crippen LogP contribution in [-0.4, -0.2) is 9.97 Å². The van der Waals surface area contributed by atoms with E-state index >= 15 is 0 Å². The fourth-order valence-corrected chi connectivity index (χ4v) is 0.607. The van der Waals surface area contributed by atoms with E-state index in [1.165, 1.54) is 6.07 Å². The van der Waals surface area contributed by atoms with Crippen molar-refractivity contribution in [1.29, 1.82) is 0 Å². The number of rotatable bonds is 1. The highest BCUT2D eigenvalue weighted by Crippen LogP contribution is 1.97. The van der Waals surface area contributed by atoms with E-state index in [0.717, 1.165) is 0 Å². The van der Waals surface area contributed by atoms with E-state index in [4.69, 9.17) is 0 Å². The van der Waals surface area contributed by atoms with Gasteiger partial charge in [-0.05, 0) is 6.92 Å². The summed E-state index contributed by atoms with van der Waals surface area (Å²) in [6.45, 7) is 1.62. The summed E-state index contributed by atoms with van der Waals surface area (Å²) in [5, 5.41) is 2.48. The molecular weight excluding hydrogens is 134 g/mol. The largest absolute Gasteiger partial charge is 0.288 e. The second-order valence-electron chi connectivity index (χ2n) is 1.80. The van der Waals surface area contributed by atoms with Gasteiger partial charge < -0.3 is 0 Å². The van der Waals surface area contributed by atoms with Gasteiger partial charge in [0.05, 0.1) is 0 Å². The Labute approximate surface area is 56.1 Å². The average molecular weight is 139 g/mol. The molecule has 0 fully saturated rings. The maximum atomic E-state index is 10.6. The third-order valence-corrected chi connectivity index (χ3v) is 0.944. The van der Waals surface area contributed by atoms with Crippen LogP contribution in [0.3, 0.4) is 0 Å². The molecule has 52 valence electrons. The minimum atomic E-state index is -0.359. The molecule has 5 heteroatoms. The smallest absolute Gasteiger partial charge is 0.271 e. The van der Waals surface area contributed by atoms with Crippen LogP contribution in [-0.2, 0) is 0 Å². The maximum Gasteiger partial charge on any atom is 0.271 e. The molecule has 1 aromatic heterocycles. The lowest BCUT2D eigenvalue weighted by Crippen LogP contribution is -2.05. The van der Waals surface area contributed by atoms with Crippen molar-refractivity contribution in [1.82, 2.24) is 9.97 Å². The minimum Gasteiger partial charge on any atom is -0.288 e. The van der Waals surface area contributed by atoms with Gasteiger partial charge in [-0.2, -0.15) is 0 Å². The molecule has 1 N–H and O–H groups in total. The summed E-state index contributed by atoms with van der Waals surface area (Å²) in [5.41, 5.74) is 0.125. The molecule has 0 unspecified atom stereocenters. The van der Waals surface area contributed by atoms with Crippen LogP contribution in [0.25, 0.3) is 0 Å². The molecule has 0 bridgehead atoms. The van der Waals surface area contributed by atoms with E-state index in [-0.39, 0.29) is 11.5 Å². The van der Waals surface area contributed by atoms with Gasteiger partial charge in [0.25, 0.3) is 11.5 Å². The Kier molecular flexibility index (Phi) is 1.57. The SMILES string of the molecule is Cc1cc(=O)[nH]c(N=O)n1. The first-order chi connectivity index (χ1) is 4.72. The van der Waals surface area contributed by atoms with Crippen molar-refractivity contribution in [3.8, 4) is 0 Å². The number of nitrogens with one attached hydrogen (secondary N) is 1. The first kappa shape index (κ1) is 6.60. The number of hydrogen-bond acceptors (Lipinski definition) is 4. The molecular formula is C5H5N3O2. The van der Waals surface area contributed by atoms with E-state index < -0.39 is 0 Å². The third-order valence-electron chi connectivity index (χ3n) is 0.944. The van der Waals surface area contributed by atoms with Gasteiger partial charge >= 0.3 is 0 Å². The zero-order chi connectivity index (χ0) is 7.56. The van der Waals surface area contributed by atoms with Crippen molar-refractivity contribution in [2.24, 2.45) is 5.18 Å². The van der Waals surface area contributed by atoms with Gasteiger partial charge in [-0.25, -0.2) is 4.98 Å². The predicted octanol–water partition coefficient (Wildman–Crippen LogP) is 0.476. The number of H-pyrrole nitrogens is 1. The average Bonchev–Trinajstić information content (AvgIpc) is 1.85. The fraction of sp³-hybridized carbons (Fsp3) is 0.200. The van der Waals surface area contributed by atoms with Gasteiger partial charge in [0, 0.05) is 16.9 Å². The Morgan fingerprint density at radius 2 is 2.40 bits per heavy atom. The van der Waals surface area contributed by atoms with Gasteiger partial charge in [-0.15, -0.1) is 4.91 Å². The summed E-state index contributed by atoms with van der Waals surface area (Å²) < 4.78 is 0. The number of aryl methyl sites for hydroxylation is 1. The predicted molar refractivity (Wildman–Crippen MR) is 35.0 cm³/mol. The lowest BCUT2D eigenvalue weighted by molar-refractivity contribution is 1.05. The topological polar surface area (TPSA) is 75.2 Å². The highest BCUT2D eigenvalue weighted by atomic mass is 16.3. The van der Waals surface area contributed by atoms with Gasteiger partial charge in [0.15, 0.2) is 0 Å². The quantitative estimate of drug-likeness (QED) is 0.575. The van der Waals surface area contributed by atoms with Crippen LogP contribution in [0.1, 0.15) is 5.69 Å². The molecule has 1 aromatic rings. The Bertz CT molecular complexity index is 304. The standard InChI is InChI=1S/C5H5N3O2/c1-3-2-4(9)7-5(6-3)8-10/h2H,1H3,(H,6,7,9). The van der Waals surface area contributed by atoms with Gasteiger partial charge in [-0.3, -0.25) is 9.78 Å². The van der Waals surface area contributed by atoms with E-state index in [1.807, 2.05) is 0 Å². The third kappa shape index (κ3) is 1.25. The summed E-state index contributed by atoms with van der Waals surface area (Å²) in [6.07, 6.45) is 0. The van der Waals surface area contributed by atoms with Crippen molar-refractivity contribution in [2.75, 3.05) is 0 Å². The highest BCUT2D eigenvalue weighted by molar-refractivity contribution is 5.15. The molecule has 0 aliphatic rings. The zero-order valence-electron chi connectivity index (χ0n) is 5.29. The lowest BCUT2D eigenvalue weighted by Gasteiger charge is -1.88. The van der Waals surface area contributed by atoms with E-state index in [0.29, 0.717) is 5.69 Å². The zero-order valence-corrected chi connectivity index (χ0v) is 5.29. The van der Waals surface area contributed by atoms with Crippen LogP contribution in [0.15, 0.2) is 16.0 Å². The van der Waals surface area contributed by atoms with Gasteiger partial charge in [0.1, 0.15) is 0 Å². The van der Waals surface area contributed by atoms with Crippen LogP contribution >= 0.6 is 0 Å². The molecule has 0 amide bonds. The van der Waals surface area contributed by atoms with Crippen molar-refractivity contribution in [3.05, 3.63) is 27.0 Å². The number of nitrogens with zero attached hydrogens (tertiary/aromatic N) is 2. The molecule has 0 saturated carbocycles. The Balaban J connectivity index is 3.32. The number of aromatic nitrogens is 2. The molecule has 0 aliphatic carbocycles. The first-order valence-corrected chi connectivity index (χ1v) is 2.63. The monoisotopic (exact) mass is 139 g/mol. The normalized spacial score (nSPS) is 9.30. The fourth-order valence-electron chi connectivity index (χ4n) is 0.607. The van der Waals surface area contributed by atoms with Crippen LogP contribution in [0.2, 0.25) is 0 Å². The minimum absolute atomic E-state index is 0.176. The van der Waals surface area contributed by atoms with Gasteiger partial charge in [0.2, 0.25) is 0 Å². The maximum absolute atomic E-state index is 10.6. The molecule has 0 aliphatic heterocycles. The summed E-state index contributed by atoms with van der Waals surface area (Å²) in [7, 11) is 0. The molecule has 1 heterocycles. The van der Waals surface area contributed by atoms with Crippen LogP contribution in [0.4, 0.5) is 5.95 Å². The molecule has 10 heavy (non-hydrogen) atoms. The Morgan fingerprint density at radius 3 is 2.90 bits per heavy atom. The number of aromatic amines is 1. The van der Waals surface area contributed by atoms with E-state index in [2.05, 4.69) is 15.1 Å². The van der Waals surface area contributed by atoms with E-state index in [9.17, 15) is 9.70 Å². The second-order valence-corrected chi connectivity index (χ2v) is 1.80. The molecule has 5 nitrogen and oxygen atoms in total. The number of nitroso groups, excluding NO2 is 1. The summed E-state index contributed by atoms with van der Waals surface area (Å²) in [6, 6.07) is 1.29. The Morgan fingerprint density at radius 1 is 1.70 bits per heavy atom. The molecule has 0 aromatic carbocycles. The van der Waals surface area contributed by atoms with Crippen molar-refractivity contribution in [3.63, 3.8) is 0 Å². The molecule has 0 atom stereocenters. The van der Waals surface area contributed by atoms with Crippen molar-refractivity contribution < 1.29 is 0 Å². The molecule has 0 saturated heterocycles. The van der Waals surface area contributed by atoms with Crippen LogP contribution < -0.4 is 5.56 Å². The molecule has 1 rings (SSSR count). The molecule has 0 radical (unpaired) electrons. The van der Waals surface area contributed by atoms with Crippen LogP contribution in [0, 0.1) is 11.8 Å². The van der Waals surface area contributed by atoms with Crippen LogP contribution in [0.5, 0.6) is 0 Å². The summed E-state index contributed by atoms with van der Waals surface area (Å²) in [4.78, 5) is 26.2.